The van der Waals surface area contributed by atoms with Gasteiger partial charge in [-0.2, -0.15) is 0 Å². The second-order valence-corrected chi connectivity index (χ2v) is 4.48. The van der Waals surface area contributed by atoms with Gasteiger partial charge in [0.25, 0.3) is 5.91 Å². The maximum Gasteiger partial charge on any atom is 0.260 e. The van der Waals surface area contributed by atoms with Gasteiger partial charge in [-0.1, -0.05) is 0 Å². The molecule has 1 aliphatic rings. The number of nitrogens with zero attached hydrogens (tertiary/aromatic N) is 1. The minimum Gasteiger partial charge on any atom is -0.378 e. The number of ether oxygens (including phenoxy) is 1. The highest BCUT2D eigenvalue weighted by atomic mass is 79.9. The molecule has 0 unspecified atom stereocenters. The number of halogens is 3. The summed E-state index contributed by atoms with van der Waals surface area (Å²) in [6.45, 7) is 1.49. The molecule has 92 valence electrons. The Balaban J connectivity index is 2.32. The first-order valence-corrected chi connectivity index (χ1v) is 5.91. The Kier molecular flexibility index (Phi) is 3.73. The zero-order chi connectivity index (χ0) is 12.4. The van der Waals surface area contributed by atoms with Gasteiger partial charge in [0.1, 0.15) is 11.4 Å². The van der Waals surface area contributed by atoms with E-state index in [1.807, 2.05) is 0 Å². The van der Waals surface area contributed by atoms with Crippen molar-refractivity contribution in [2.45, 2.75) is 0 Å². The third-order valence-corrected chi connectivity index (χ3v) is 3.17. The molecular formula is C11H10BrF2NO2. The van der Waals surface area contributed by atoms with Crippen molar-refractivity contribution in [3.05, 3.63) is 33.8 Å². The van der Waals surface area contributed by atoms with Gasteiger partial charge in [0.05, 0.1) is 17.7 Å². The van der Waals surface area contributed by atoms with Crippen molar-refractivity contribution in [1.29, 1.82) is 0 Å². The van der Waals surface area contributed by atoms with E-state index in [9.17, 15) is 13.6 Å². The molecule has 0 aromatic heterocycles. The van der Waals surface area contributed by atoms with Gasteiger partial charge in [-0.05, 0) is 28.1 Å². The second kappa shape index (κ2) is 5.10. The normalized spacial score (nSPS) is 16.1. The summed E-state index contributed by atoms with van der Waals surface area (Å²) in [4.78, 5) is 13.3. The van der Waals surface area contributed by atoms with E-state index in [0.717, 1.165) is 6.07 Å². The predicted molar refractivity (Wildman–Crippen MR) is 60.8 cm³/mol. The van der Waals surface area contributed by atoms with Gasteiger partial charge in [0, 0.05) is 13.1 Å². The molecule has 1 aliphatic heterocycles. The molecule has 3 nitrogen and oxygen atoms in total. The number of hydrogen-bond acceptors (Lipinski definition) is 2. The predicted octanol–water partition coefficient (Wildman–Crippen LogP) is 2.20. The van der Waals surface area contributed by atoms with Crippen LogP contribution in [-0.2, 0) is 4.74 Å². The fourth-order valence-electron chi connectivity index (χ4n) is 1.65. The van der Waals surface area contributed by atoms with Gasteiger partial charge in [-0.15, -0.1) is 0 Å². The van der Waals surface area contributed by atoms with Crippen LogP contribution in [0.2, 0.25) is 0 Å². The van der Waals surface area contributed by atoms with Crippen LogP contribution in [0, 0.1) is 11.6 Å². The van der Waals surface area contributed by atoms with Gasteiger partial charge in [-0.25, -0.2) is 8.78 Å². The summed E-state index contributed by atoms with van der Waals surface area (Å²) in [6, 6.07) is 2.31. The number of carbonyl (C=O) groups is 1. The van der Waals surface area contributed by atoms with Crippen LogP contribution in [-0.4, -0.2) is 37.1 Å². The first-order chi connectivity index (χ1) is 8.11. The maximum atomic E-state index is 13.7. The van der Waals surface area contributed by atoms with E-state index in [2.05, 4.69) is 15.9 Å². The Hall–Kier alpha value is -1.01. The Labute approximate surface area is 105 Å². The van der Waals surface area contributed by atoms with Crippen molar-refractivity contribution in [3.63, 3.8) is 0 Å². The summed E-state index contributed by atoms with van der Waals surface area (Å²) in [5.41, 5.74) is -0.513. The minimum absolute atomic E-state index is 0.0792. The lowest BCUT2D eigenvalue weighted by molar-refractivity contribution is 0.0296. The highest BCUT2D eigenvalue weighted by Crippen LogP contribution is 2.23. The van der Waals surface area contributed by atoms with Crippen LogP contribution in [0.25, 0.3) is 0 Å². The highest BCUT2D eigenvalue weighted by molar-refractivity contribution is 9.10. The van der Waals surface area contributed by atoms with Crippen molar-refractivity contribution in [2.75, 3.05) is 26.3 Å². The van der Waals surface area contributed by atoms with E-state index in [1.54, 1.807) is 0 Å². The average Bonchev–Trinajstić information content (AvgIpc) is 2.35. The molecule has 1 aromatic carbocycles. The third-order valence-electron chi connectivity index (χ3n) is 2.56. The van der Waals surface area contributed by atoms with Crippen LogP contribution in [0.1, 0.15) is 10.4 Å². The molecule has 2 rings (SSSR count). The molecule has 6 heteroatoms. The van der Waals surface area contributed by atoms with Crippen LogP contribution in [0.5, 0.6) is 0 Å². The Morgan fingerprint density at radius 2 is 1.94 bits per heavy atom. The molecule has 17 heavy (non-hydrogen) atoms. The molecule has 1 amide bonds. The zero-order valence-electron chi connectivity index (χ0n) is 8.88. The zero-order valence-corrected chi connectivity index (χ0v) is 10.5. The van der Waals surface area contributed by atoms with E-state index < -0.39 is 23.1 Å². The lowest BCUT2D eigenvalue weighted by Gasteiger charge is -2.27. The van der Waals surface area contributed by atoms with Gasteiger partial charge in [-0.3, -0.25) is 4.79 Å². The first kappa shape index (κ1) is 12.4. The molecule has 1 heterocycles. The van der Waals surface area contributed by atoms with E-state index in [-0.39, 0.29) is 4.47 Å². The van der Waals surface area contributed by atoms with E-state index in [0.29, 0.717) is 26.3 Å². The van der Waals surface area contributed by atoms with Gasteiger partial charge in [0.15, 0.2) is 5.82 Å². The van der Waals surface area contributed by atoms with Crippen LogP contribution >= 0.6 is 15.9 Å². The summed E-state index contributed by atoms with van der Waals surface area (Å²) in [6.07, 6.45) is 0. The molecule has 0 bridgehead atoms. The topological polar surface area (TPSA) is 29.5 Å². The van der Waals surface area contributed by atoms with Crippen molar-refractivity contribution < 1.29 is 18.3 Å². The fraction of sp³-hybridized carbons (Fsp3) is 0.364. The van der Waals surface area contributed by atoms with E-state index >= 15 is 0 Å². The lowest BCUT2D eigenvalue weighted by Crippen LogP contribution is -2.41. The standard InChI is InChI=1S/C11H10BrF2NO2/c12-7-1-2-8(13)9(10(7)14)11(16)15-3-5-17-6-4-15/h1-2H,3-6H2. The van der Waals surface area contributed by atoms with Crippen LogP contribution in [0.3, 0.4) is 0 Å². The van der Waals surface area contributed by atoms with Crippen molar-refractivity contribution >= 4 is 21.8 Å². The molecular weight excluding hydrogens is 296 g/mol. The molecule has 1 saturated heterocycles. The van der Waals surface area contributed by atoms with Crippen LogP contribution in [0.4, 0.5) is 8.78 Å². The van der Waals surface area contributed by atoms with Gasteiger partial charge >= 0.3 is 0 Å². The van der Waals surface area contributed by atoms with Crippen LogP contribution < -0.4 is 0 Å². The summed E-state index contributed by atoms with van der Waals surface area (Å²) in [5, 5.41) is 0. The Bertz CT molecular complexity index is 447. The van der Waals surface area contributed by atoms with Crippen molar-refractivity contribution in [3.8, 4) is 0 Å². The van der Waals surface area contributed by atoms with E-state index in [4.69, 9.17) is 4.74 Å². The summed E-state index contributed by atoms with van der Waals surface area (Å²) in [5.74, 6) is -2.34. The molecule has 1 aromatic rings. The van der Waals surface area contributed by atoms with Crippen molar-refractivity contribution in [2.24, 2.45) is 0 Å². The highest BCUT2D eigenvalue weighted by Gasteiger charge is 2.25. The molecule has 0 radical (unpaired) electrons. The van der Waals surface area contributed by atoms with Gasteiger partial charge < -0.3 is 9.64 Å². The molecule has 0 aliphatic carbocycles. The number of morpholine rings is 1. The SMILES string of the molecule is O=C(c1c(F)ccc(Br)c1F)N1CCOCC1. The summed E-state index contributed by atoms with van der Waals surface area (Å²) >= 11 is 2.94. The quantitative estimate of drug-likeness (QED) is 0.745. The Morgan fingerprint density at radius 1 is 1.29 bits per heavy atom. The molecule has 0 spiro atoms. The monoisotopic (exact) mass is 305 g/mol. The third kappa shape index (κ3) is 2.47. The van der Waals surface area contributed by atoms with Crippen LogP contribution in [0.15, 0.2) is 16.6 Å². The van der Waals surface area contributed by atoms with E-state index in [1.165, 1.54) is 11.0 Å². The minimum atomic E-state index is -0.860. The number of rotatable bonds is 1. The Morgan fingerprint density at radius 3 is 2.59 bits per heavy atom. The average molecular weight is 306 g/mol. The summed E-state index contributed by atoms with van der Waals surface area (Å²) in [7, 11) is 0. The number of amides is 1. The molecule has 0 N–H and O–H groups in total. The maximum absolute atomic E-state index is 13.7. The molecule has 0 saturated carbocycles. The number of benzene rings is 1. The number of hydrogen-bond donors (Lipinski definition) is 0. The second-order valence-electron chi connectivity index (χ2n) is 3.62. The molecule has 0 atom stereocenters. The molecule has 1 fully saturated rings. The lowest BCUT2D eigenvalue weighted by atomic mass is 10.1. The van der Waals surface area contributed by atoms with Gasteiger partial charge in [0.2, 0.25) is 0 Å². The smallest absolute Gasteiger partial charge is 0.260 e. The fourth-order valence-corrected chi connectivity index (χ4v) is 1.98. The largest absolute Gasteiger partial charge is 0.378 e. The van der Waals surface area contributed by atoms with Crippen molar-refractivity contribution in [1.82, 2.24) is 4.90 Å². The number of carbonyl (C=O) groups excluding carboxylic acids is 1. The first-order valence-electron chi connectivity index (χ1n) is 5.12. The summed E-state index contributed by atoms with van der Waals surface area (Å²) < 4.78 is 32.4.